The highest BCUT2D eigenvalue weighted by Gasteiger charge is 2.57. The van der Waals surface area contributed by atoms with E-state index in [0.29, 0.717) is 21.6 Å². The van der Waals surface area contributed by atoms with Crippen molar-refractivity contribution in [1.29, 1.82) is 0 Å². The number of hydrogen-bond donors (Lipinski definition) is 0. The fourth-order valence-electron chi connectivity index (χ4n) is 10.9. The average molecular weight is 698 g/mol. The summed E-state index contributed by atoms with van der Waals surface area (Å²) in [6.07, 6.45) is 6.98. The highest BCUT2D eigenvalue weighted by Crippen LogP contribution is 2.63. The van der Waals surface area contributed by atoms with Crippen molar-refractivity contribution in [3.05, 3.63) is 162 Å². The molecule has 1 aliphatic heterocycles. The minimum Gasteiger partial charge on any atom is -0.310 e. The monoisotopic (exact) mass is 697 g/mol. The Morgan fingerprint density at radius 1 is 0.500 bits per heavy atom. The summed E-state index contributed by atoms with van der Waals surface area (Å²) in [7, 11) is -3.69. The minimum atomic E-state index is -3.69. The number of nitrogens with zero attached hydrogens (tertiary/aromatic N) is 1. The number of rotatable bonds is 4. The maximum Gasteiger partial charge on any atom is 0.207 e. The van der Waals surface area contributed by atoms with Gasteiger partial charge < -0.3 is 4.90 Å². The maximum absolute atomic E-state index is 14.6. The lowest BCUT2D eigenvalue weighted by molar-refractivity contribution is 0.0783. The minimum absolute atomic E-state index is 0.156. The summed E-state index contributed by atoms with van der Waals surface area (Å²) in [6.45, 7) is 4.66. The zero-order valence-electron chi connectivity index (χ0n) is 29.8. The zero-order valence-corrected chi connectivity index (χ0v) is 30.7. The van der Waals surface area contributed by atoms with Crippen molar-refractivity contribution in [2.24, 2.45) is 11.8 Å². The van der Waals surface area contributed by atoms with Gasteiger partial charge in [-0.1, -0.05) is 118 Å². The molecular formula is C48H43NO2S. The molecule has 4 heteroatoms. The van der Waals surface area contributed by atoms with Crippen molar-refractivity contribution in [1.82, 2.24) is 0 Å². The van der Waals surface area contributed by atoms with Crippen LogP contribution < -0.4 is 4.90 Å². The molecule has 0 saturated heterocycles. The van der Waals surface area contributed by atoms with Gasteiger partial charge in [-0.3, -0.25) is 0 Å². The third-order valence-electron chi connectivity index (χ3n) is 13.1. The summed E-state index contributed by atoms with van der Waals surface area (Å²) in [5.74, 6) is 0.833. The highest BCUT2D eigenvalue weighted by atomic mass is 32.2. The molecular weight excluding hydrogens is 655 g/mol. The van der Waals surface area contributed by atoms with Gasteiger partial charge in [0, 0.05) is 27.9 Å². The van der Waals surface area contributed by atoms with Crippen LogP contribution in [0.2, 0.25) is 0 Å². The van der Waals surface area contributed by atoms with Crippen LogP contribution in [0.4, 0.5) is 17.1 Å². The molecule has 3 nitrogen and oxygen atoms in total. The van der Waals surface area contributed by atoms with Crippen LogP contribution >= 0.6 is 0 Å². The number of benzene rings is 6. The molecule has 0 radical (unpaired) electrons. The van der Waals surface area contributed by atoms with Crippen LogP contribution in [0.25, 0.3) is 22.3 Å². The van der Waals surface area contributed by atoms with Gasteiger partial charge in [0.05, 0.1) is 9.79 Å². The smallest absolute Gasteiger partial charge is 0.207 e. The van der Waals surface area contributed by atoms with Gasteiger partial charge in [-0.15, -0.1) is 0 Å². The summed E-state index contributed by atoms with van der Waals surface area (Å²) in [4.78, 5) is 3.38. The highest BCUT2D eigenvalue weighted by molar-refractivity contribution is 7.91. The van der Waals surface area contributed by atoms with Crippen molar-refractivity contribution in [2.45, 2.75) is 73.0 Å². The van der Waals surface area contributed by atoms with Gasteiger partial charge >= 0.3 is 0 Å². The van der Waals surface area contributed by atoms with Gasteiger partial charge in [0.2, 0.25) is 9.84 Å². The molecule has 0 atom stereocenters. The van der Waals surface area contributed by atoms with Crippen molar-refractivity contribution < 1.29 is 8.42 Å². The molecule has 10 rings (SSSR count). The van der Waals surface area contributed by atoms with Gasteiger partial charge in [0.15, 0.2) is 0 Å². The lowest BCUT2D eigenvalue weighted by Crippen LogP contribution is -2.51. The van der Waals surface area contributed by atoms with E-state index in [1.54, 1.807) is 0 Å². The van der Waals surface area contributed by atoms with Crippen LogP contribution in [0.5, 0.6) is 0 Å². The van der Waals surface area contributed by atoms with Crippen LogP contribution in [-0.2, 0) is 20.7 Å². The van der Waals surface area contributed by atoms with Gasteiger partial charge in [-0.05, 0) is 131 Å². The molecule has 2 fully saturated rings. The van der Waals surface area contributed by atoms with Crippen molar-refractivity contribution in [3.63, 3.8) is 0 Å². The fourth-order valence-corrected chi connectivity index (χ4v) is 12.7. The first-order chi connectivity index (χ1) is 25.3. The average Bonchev–Trinajstić information content (AvgIpc) is 3.40. The molecule has 258 valence electrons. The topological polar surface area (TPSA) is 37.4 Å². The van der Waals surface area contributed by atoms with E-state index in [0.717, 1.165) is 65.0 Å². The Hall–Kier alpha value is -4.93. The van der Waals surface area contributed by atoms with E-state index in [9.17, 15) is 8.42 Å². The standard InChI is InChI=1S/C48H43NO2S/c1-47(2)41-22-7-6-21-39(41)40-27-25-37(30-43(40)47)49(36-20-10-15-33(29-36)32-13-4-3-5-14-32)38-26-28-46-44(31-38)48(34-16-11-17-35(48)19-12-18-34)42-23-8-9-24-45(42)52(46,50)51/h3-10,13-15,20-31,34-35H,11-12,16-19H2,1-2H3/t34-,35+,48?. The van der Waals surface area contributed by atoms with Gasteiger partial charge in [0.25, 0.3) is 0 Å². The second-order valence-electron chi connectivity index (χ2n) is 16.0. The summed E-state index contributed by atoms with van der Waals surface area (Å²) in [5, 5.41) is 0. The van der Waals surface area contributed by atoms with E-state index >= 15 is 0 Å². The number of anilines is 3. The molecule has 3 aliphatic carbocycles. The second-order valence-corrected chi connectivity index (χ2v) is 17.8. The first-order valence-electron chi connectivity index (χ1n) is 19.0. The Morgan fingerprint density at radius 2 is 1.06 bits per heavy atom. The van der Waals surface area contributed by atoms with Crippen LogP contribution in [-0.4, -0.2) is 8.42 Å². The van der Waals surface area contributed by atoms with Gasteiger partial charge in [-0.25, -0.2) is 8.42 Å². The molecule has 2 bridgehead atoms. The number of fused-ring (bicyclic) bond motifs is 5. The quantitative estimate of drug-likeness (QED) is 0.184. The largest absolute Gasteiger partial charge is 0.310 e. The Labute approximate surface area is 307 Å². The molecule has 52 heavy (non-hydrogen) atoms. The molecule has 1 heterocycles. The van der Waals surface area contributed by atoms with Gasteiger partial charge in [0.1, 0.15) is 0 Å². The molecule has 4 aliphatic rings. The molecule has 2 saturated carbocycles. The van der Waals surface area contributed by atoms with E-state index in [4.69, 9.17) is 0 Å². The van der Waals surface area contributed by atoms with Crippen LogP contribution in [0, 0.1) is 11.8 Å². The molecule has 0 unspecified atom stereocenters. The van der Waals surface area contributed by atoms with E-state index < -0.39 is 9.84 Å². The Morgan fingerprint density at radius 3 is 1.81 bits per heavy atom. The van der Waals surface area contributed by atoms with E-state index in [-0.39, 0.29) is 10.8 Å². The van der Waals surface area contributed by atoms with Crippen LogP contribution in [0.3, 0.4) is 0 Å². The molecule has 0 amide bonds. The fraction of sp³-hybridized carbons (Fsp3) is 0.250. The zero-order chi connectivity index (χ0) is 35.2. The Balaban J connectivity index is 1.22. The SMILES string of the molecule is CC1(C)c2ccccc2-c2ccc(N(c3cccc(-c4ccccc4)c3)c3ccc4c(c3)C3(c5ccccc5S4(=O)=O)[C@H]4CCC[C@@H]3CCC4)cc21. The lowest BCUT2D eigenvalue weighted by Gasteiger charge is -2.56. The first kappa shape index (κ1) is 31.8. The maximum atomic E-state index is 14.6. The predicted molar refractivity (Wildman–Crippen MR) is 211 cm³/mol. The summed E-state index contributed by atoms with van der Waals surface area (Å²) >= 11 is 0. The Kier molecular flexibility index (Phi) is 7.05. The van der Waals surface area contributed by atoms with E-state index in [1.807, 2.05) is 18.2 Å². The summed E-state index contributed by atoms with van der Waals surface area (Å²) < 4.78 is 29.1. The molecule has 6 aromatic rings. The predicted octanol–water partition coefficient (Wildman–Crippen LogP) is 12.2. The Bertz CT molecular complexity index is 2480. The van der Waals surface area contributed by atoms with E-state index in [2.05, 4.69) is 140 Å². The lowest BCUT2D eigenvalue weighted by atomic mass is 9.49. The van der Waals surface area contributed by atoms with Crippen LogP contribution in [0.15, 0.2) is 149 Å². The van der Waals surface area contributed by atoms with Crippen molar-refractivity contribution in [3.8, 4) is 22.3 Å². The molecule has 0 aromatic heterocycles. The molecule has 6 aromatic carbocycles. The van der Waals surface area contributed by atoms with E-state index in [1.165, 1.54) is 35.1 Å². The number of hydrogen-bond acceptors (Lipinski definition) is 3. The normalized spacial score (nSPS) is 22.9. The van der Waals surface area contributed by atoms with Crippen LogP contribution in [0.1, 0.15) is 74.6 Å². The third kappa shape index (κ3) is 4.40. The number of sulfone groups is 1. The van der Waals surface area contributed by atoms with Crippen molar-refractivity contribution >= 4 is 26.9 Å². The first-order valence-corrected chi connectivity index (χ1v) is 20.5. The third-order valence-corrected chi connectivity index (χ3v) is 15.0. The molecule has 0 N–H and O–H groups in total. The summed E-state index contributed by atoms with van der Waals surface area (Å²) in [6, 6.07) is 49.3. The van der Waals surface area contributed by atoms with Crippen molar-refractivity contribution in [2.75, 3.05) is 4.90 Å². The van der Waals surface area contributed by atoms with Gasteiger partial charge in [-0.2, -0.15) is 0 Å². The molecule has 1 spiro atoms. The summed E-state index contributed by atoms with van der Waals surface area (Å²) in [5.41, 5.74) is 12.2. The second kappa shape index (κ2) is 11.5.